The van der Waals surface area contributed by atoms with Crippen molar-refractivity contribution in [1.82, 2.24) is 0 Å². The van der Waals surface area contributed by atoms with E-state index in [-0.39, 0.29) is 27.3 Å². The zero-order valence-corrected chi connectivity index (χ0v) is 9.81. The van der Waals surface area contributed by atoms with Crippen LogP contribution < -0.4 is 0 Å². The summed E-state index contributed by atoms with van der Waals surface area (Å²) >= 11 is 0. The maximum Gasteiger partial charge on any atom is 0.295 e. The third kappa shape index (κ3) is 2.48. The zero-order chi connectivity index (χ0) is 10.2. The van der Waals surface area contributed by atoms with Gasteiger partial charge in [-0.3, -0.25) is 4.55 Å². The van der Waals surface area contributed by atoms with Gasteiger partial charge in [-0.1, -0.05) is 36.4 Å². The molecule has 0 heterocycles. The number of benzene rings is 2. The van der Waals surface area contributed by atoms with Crippen LogP contribution in [0.3, 0.4) is 0 Å². The summed E-state index contributed by atoms with van der Waals surface area (Å²) in [5.41, 5.74) is 0. The molecule has 1 N–H and O–H groups in total. The van der Waals surface area contributed by atoms with Gasteiger partial charge in [-0.05, 0) is 11.5 Å². The van der Waals surface area contributed by atoms with Gasteiger partial charge in [0.1, 0.15) is 4.90 Å². The molecule has 1 radical (unpaired) electrons. The third-order valence-corrected chi connectivity index (χ3v) is 2.94. The van der Waals surface area contributed by atoms with Gasteiger partial charge in [0.15, 0.2) is 0 Å². The zero-order valence-electron chi connectivity index (χ0n) is 7.51. The van der Waals surface area contributed by atoms with Crippen molar-refractivity contribution in [2.24, 2.45) is 0 Å². The minimum atomic E-state index is -4.13. The van der Waals surface area contributed by atoms with Crippen LogP contribution in [-0.4, -0.2) is 13.0 Å². The molecular weight excluding hydrogens is 308 g/mol. The largest absolute Gasteiger partial charge is 0.295 e. The number of fused-ring (bicyclic) bond motifs is 1. The molecule has 2 aromatic rings. The Labute approximate surface area is 103 Å². The maximum absolute atomic E-state index is 11.0. The first-order valence-electron chi connectivity index (χ1n) is 4.04. The summed E-state index contributed by atoms with van der Waals surface area (Å²) in [6, 6.07) is 11.8. The van der Waals surface area contributed by atoms with Crippen LogP contribution in [0.25, 0.3) is 10.8 Å². The summed E-state index contributed by atoms with van der Waals surface area (Å²) in [7, 11) is -4.13. The second kappa shape index (κ2) is 4.47. The molecule has 15 heavy (non-hydrogen) atoms. The van der Waals surface area contributed by atoms with Crippen molar-refractivity contribution in [1.29, 1.82) is 0 Å². The molecule has 0 aromatic heterocycles. The van der Waals surface area contributed by atoms with Crippen molar-refractivity contribution in [3.8, 4) is 0 Å². The molecule has 0 aliphatic rings. The van der Waals surface area contributed by atoms with E-state index in [9.17, 15) is 8.42 Å². The molecule has 0 saturated heterocycles. The van der Waals surface area contributed by atoms with Crippen LogP contribution in [-0.2, 0) is 32.5 Å². The second-order valence-corrected chi connectivity index (χ2v) is 4.34. The van der Waals surface area contributed by atoms with Gasteiger partial charge in [-0.15, -0.1) is 0 Å². The first-order valence-corrected chi connectivity index (χ1v) is 5.48. The van der Waals surface area contributed by atoms with E-state index in [1.807, 2.05) is 6.07 Å². The van der Waals surface area contributed by atoms with E-state index in [1.54, 1.807) is 30.3 Å². The Balaban J connectivity index is 0.00000112. The number of rotatable bonds is 1. The van der Waals surface area contributed by atoms with Crippen molar-refractivity contribution < 1.29 is 35.4 Å². The van der Waals surface area contributed by atoms with Gasteiger partial charge >= 0.3 is 0 Å². The summed E-state index contributed by atoms with van der Waals surface area (Å²) < 4.78 is 31.0. The molecule has 0 saturated carbocycles. The smallest absolute Gasteiger partial charge is 0.282 e. The molecule has 0 aliphatic carbocycles. The van der Waals surface area contributed by atoms with E-state index in [0.29, 0.717) is 5.39 Å². The van der Waals surface area contributed by atoms with Crippen LogP contribution in [0.2, 0.25) is 0 Å². The SMILES string of the molecule is O=S(=O)(O)c1cccc2ccccc12.[Ag]. The molecule has 0 unspecified atom stereocenters. The van der Waals surface area contributed by atoms with Crippen LogP contribution in [0, 0.1) is 0 Å². The van der Waals surface area contributed by atoms with Gasteiger partial charge in [0.2, 0.25) is 0 Å². The van der Waals surface area contributed by atoms with Gasteiger partial charge in [0, 0.05) is 27.8 Å². The average molecular weight is 316 g/mol. The monoisotopic (exact) mass is 315 g/mol. The Hall–Kier alpha value is -0.650. The summed E-state index contributed by atoms with van der Waals surface area (Å²) in [6.45, 7) is 0. The average Bonchev–Trinajstić information content (AvgIpc) is 2.15. The molecule has 0 fully saturated rings. The first-order chi connectivity index (χ1) is 6.59. The van der Waals surface area contributed by atoms with Gasteiger partial charge in [-0.25, -0.2) is 0 Å². The molecule has 2 aromatic carbocycles. The van der Waals surface area contributed by atoms with Crippen molar-refractivity contribution in [3.63, 3.8) is 0 Å². The fourth-order valence-corrected chi connectivity index (χ4v) is 2.13. The maximum atomic E-state index is 11.0. The summed E-state index contributed by atoms with van der Waals surface area (Å²) in [5.74, 6) is 0. The Morgan fingerprint density at radius 3 is 2.20 bits per heavy atom. The molecule has 2 rings (SSSR count). The van der Waals surface area contributed by atoms with E-state index < -0.39 is 10.1 Å². The minimum absolute atomic E-state index is 0. The second-order valence-electron chi connectivity index (χ2n) is 2.95. The van der Waals surface area contributed by atoms with E-state index in [4.69, 9.17) is 4.55 Å². The Kier molecular flexibility index (Phi) is 3.70. The predicted molar refractivity (Wildman–Crippen MR) is 53.8 cm³/mol. The predicted octanol–water partition coefficient (Wildman–Crippen LogP) is 2.08. The molecule has 0 spiro atoms. The fraction of sp³-hybridized carbons (Fsp3) is 0. The van der Waals surface area contributed by atoms with E-state index >= 15 is 0 Å². The molecular formula is C10H8AgO3S. The molecule has 0 bridgehead atoms. The van der Waals surface area contributed by atoms with E-state index in [2.05, 4.69) is 0 Å². The standard InChI is InChI=1S/C10H8O3S.Ag/c11-14(12,13)10-7-3-5-8-4-1-2-6-9(8)10;/h1-7H,(H,11,12,13);. The van der Waals surface area contributed by atoms with Crippen LogP contribution in [0.4, 0.5) is 0 Å². The summed E-state index contributed by atoms with van der Waals surface area (Å²) in [4.78, 5) is -0.0457. The quantitative estimate of drug-likeness (QED) is 0.647. The Morgan fingerprint density at radius 1 is 0.933 bits per heavy atom. The molecule has 0 amide bonds. The van der Waals surface area contributed by atoms with E-state index in [1.165, 1.54) is 6.07 Å². The third-order valence-electron chi connectivity index (χ3n) is 2.03. The van der Waals surface area contributed by atoms with Gasteiger partial charge in [-0.2, -0.15) is 8.42 Å². The van der Waals surface area contributed by atoms with Crippen molar-refractivity contribution in [2.75, 3.05) is 0 Å². The molecule has 0 aliphatic heterocycles. The number of hydrogen-bond donors (Lipinski definition) is 1. The van der Waals surface area contributed by atoms with Crippen LogP contribution in [0.5, 0.6) is 0 Å². The van der Waals surface area contributed by atoms with E-state index in [0.717, 1.165) is 5.39 Å². The van der Waals surface area contributed by atoms with Gasteiger partial charge in [0.05, 0.1) is 0 Å². The van der Waals surface area contributed by atoms with Crippen molar-refractivity contribution in [2.45, 2.75) is 4.90 Å². The molecule has 3 nitrogen and oxygen atoms in total. The van der Waals surface area contributed by atoms with Crippen LogP contribution in [0.1, 0.15) is 0 Å². The van der Waals surface area contributed by atoms with Crippen molar-refractivity contribution in [3.05, 3.63) is 42.5 Å². The molecule has 0 atom stereocenters. The normalized spacial score (nSPS) is 11.0. The number of hydrogen-bond acceptors (Lipinski definition) is 2. The van der Waals surface area contributed by atoms with Crippen molar-refractivity contribution >= 4 is 20.9 Å². The topological polar surface area (TPSA) is 54.4 Å². The Bertz CT molecular complexity index is 573. The summed E-state index contributed by atoms with van der Waals surface area (Å²) in [6.07, 6.45) is 0. The molecule has 83 valence electrons. The fourth-order valence-electron chi connectivity index (χ4n) is 1.42. The van der Waals surface area contributed by atoms with Crippen LogP contribution in [0.15, 0.2) is 47.4 Å². The van der Waals surface area contributed by atoms with Gasteiger partial charge < -0.3 is 0 Å². The Morgan fingerprint density at radius 2 is 1.53 bits per heavy atom. The van der Waals surface area contributed by atoms with Gasteiger partial charge in [0.25, 0.3) is 10.1 Å². The minimum Gasteiger partial charge on any atom is -0.282 e. The summed E-state index contributed by atoms with van der Waals surface area (Å²) in [5, 5.41) is 1.33. The first kappa shape index (κ1) is 12.4. The molecule has 5 heteroatoms. The van der Waals surface area contributed by atoms with Crippen LogP contribution >= 0.6 is 0 Å².